The Kier molecular flexibility index (Phi) is 3.85. The van der Waals surface area contributed by atoms with E-state index in [2.05, 4.69) is 15.0 Å². The quantitative estimate of drug-likeness (QED) is 0.939. The van der Waals surface area contributed by atoms with Gasteiger partial charge in [0.05, 0.1) is 12.1 Å². The maximum absolute atomic E-state index is 12.1. The van der Waals surface area contributed by atoms with E-state index in [1.54, 1.807) is 24.1 Å². The number of nitrogens with one attached hydrogen (secondary N) is 1. The van der Waals surface area contributed by atoms with Crippen LogP contribution in [0.4, 0.5) is 0 Å². The predicted octanol–water partition coefficient (Wildman–Crippen LogP) is 2.03. The first-order valence-corrected chi connectivity index (χ1v) is 7.16. The lowest BCUT2D eigenvalue weighted by Crippen LogP contribution is -2.39. The van der Waals surface area contributed by atoms with Crippen molar-refractivity contribution in [1.29, 1.82) is 0 Å². The Morgan fingerprint density at radius 2 is 2.09 bits per heavy atom. The Morgan fingerprint density at radius 3 is 2.73 bits per heavy atom. The van der Waals surface area contributed by atoms with Gasteiger partial charge in [0.2, 0.25) is 5.91 Å². The molecule has 0 unspecified atom stereocenters. The van der Waals surface area contributed by atoms with E-state index in [1.807, 2.05) is 12.1 Å². The number of benzene rings is 1. The van der Waals surface area contributed by atoms with Crippen molar-refractivity contribution in [2.45, 2.75) is 18.5 Å². The summed E-state index contributed by atoms with van der Waals surface area (Å²) in [6.45, 7) is 0. The fourth-order valence-corrected chi connectivity index (χ4v) is 2.81. The van der Waals surface area contributed by atoms with Gasteiger partial charge in [-0.1, -0.05) is 28.9 Å². The highest BCUT2D eigenvalue weighted by Gasteiger charge is 2.39. The summed E-state index contributed by atoms with van der Waals surface area (Å²) >= 11 is 5.90. The second-order valence-electron chi connectivity index (χ2n) is 5.17. The molecule has 1 aromatic heterocycles. The summed E-state index contributed by atoms with van der Waals surface area (Å²) in [5.41, 5.74) is 1.11. The molecular formula is C15H14ClN3O3. The SMILES string of the molecule is CN1C(=O)C[C@@H](NC(=O)c2ccon2)[C@H]1c1ccc(Cl)cc1. The second kappa shape index (κ2) is 5.81. The fourth-order valence-electron chi connectivity index (χ4n) is 2.69. The molecule has 6 nitrogen and oxygen atoms in total. The van der Waals surface area contributed by atoms with Gasteiger partial charge in [-0.15, -0.1) is 0 Å². The molecule has 1 saturated heterocycles. The number of aromatic nitrogens is 1. The Balaban J connectivity index is 1.83. The molecule has 0 saturated carbocycles. The monoisotopic (exact) mass is 319 g/mol. The van der Waals surface area contributed by atoms with Crippen molar-refractivity contribution in [1.82, 2.24) is 15.4 Å². The third-order valence-electron chi connectivity index (χ3n) is 3.78. The van der Waals surface area contributed by atoms with Crippen LogP contribution in [0.5, 0.6) is 0 Å². The molecular weight excluding hydrogens is 306 g/mol. The van der Waals surface area contributed by atoms with Crippen LogP contribution in [-0.4, -0.2) is 35.0 Å². The smallest absolute Gasteiger partial charge is 0.273 e. The molecule has 2 heterocycles. The number of carbonyl (C=O) groups is 2. The molecule has 2 amide bonds. The lowest BCUT2D eigenvalue weighted by atomic mass is 10.00. The van der Waals surface area contributed by atoms with E-state index in [0.717, 1.165) is 5.56 Å². The summed E-state index contributed by atoms with van der Waals surface area (Å²) < 4.78 is 4.66. The maximum Gasteiger partial charge on any atom is 0.273 e. The fraction of sp³-hybridized carbons (Fsp3) is 0.267. The highest BCUT2D eigenvalue weighted by molar-refractivity contribution is 6.30. The van der Waals surface area contributed by atoms with Crippen molar-refractivity contribution >= 4 is 23.4 Å². The molecule has 7 heteroatoms. The van der Waals surface area contributed by atoms with E-state index in [4.69, 9.17) is 11.6 Å². The van der Waals surface area contributed by atoms with Gasteiger partial charge < -0.3 is 14.7 Å². The number of nitrogens with zero attached hydrogens (tertiary/aromatic N) is 2. The second-order valence-corrected chi connectivity index (χ2v) is 5.61. The number of likely N-dealkylation sites (N-methyl/N-ethyl adjacent to an activating group) is 1. The van der Waals surface area contributed by atoms with Crippen LogP contribution in [0, 0.1) is 0 Å². The van der Waals surface area contributed by atoms with Crippen molar-refractivity contribution in [3.05, 3.63) is 52.9 Å². The summed E-state index contributed by atoms with van der Waals surface area (Å²) in [4.78, 5) is 25.8. The third kappa shape index (κ3) is 2.69. The first kappa shape index (κ1) is 14.6. The zero-order valence-electron chi connectivity index (χ0n) is 11.8. The number of likely N-dealkylation sites (tertiary alicyclic amines) is 1. The molecule has 2 aromatic rings. The molecule has 0 spiro atoms. The molecule has 0 bridgehead atoms. The van der Waals surface area contributed by atoms with Crippen LogP contribution in [0.3, 0.4) is 0 Å². The van der Waals surface area contributed by atoms with E-state index < -0.39 is 0 Å². The highest BCUT2D eigenvalue weighted by Crippen LogP contribution is 2.32. The minimum absolute atomic E-state index is 0.0228. The molecule has 22 heavy (non-hydrogen) atoms. The van der Waals surface area contributed by atoms with Gasteiger partial charge in [0.15, 0.2) is 5.69 Å². The number of amides is 2. The molecule has 1 aliphatic heterocycles. The topological polar surface area (TPSA) is 75.4 Å². The Labute approximate surface area is 132 Å². The number of carbonyl (C=O) groups excluding carboxylic acids is 2. The van der Waals surface area contributed by atoms with Crippen LogP contribution in [0.1, 0.15) is 28.5 Å². The van der Waals surface area contributed by atoms with Crippen LogP contribution in [-0.2, 0) is 4.79 Å². The maximum atomic E-state index is 12.1. The molecule has 1 fully saturated rings. The predicted molar refractivity (Wildman–Crippen MR) is 79.3 cm³/mol. The van der Waals surface area contributed by atoms with Gasteiger partial charge in [-0.05, 0) is 17.7 Å². The van der Waals surface area contributed by atoms with E-state index >= 15 is 0 Å². The zero-order valence-corrected chi connectivity index (χ0v) is 12.6. The van der Waals surface area contributed by atoms with Crippen molar-refractivity contribution in [2.75, 3.05) is 7.05 Å². The lowest BCUT2D eigenvalue weighted by molar-refractivity contribution is -0.127. The van der Waals surface area contributed by atoms with Crippen molar-refractivity contribution in [2.24, 2.45) is 0 Å². The van der Waals surface area contributed by atoms with Gasteiger partial charge in [0, 0.05) is 24.6 Å². The van der Waals surface area contributed by atoms with Gasteiger partial charge in [-0.3, -0.25) is 9.59 Å². The van der Waals surface area contributed by atoms with Crippen molar-refractivity contribution < 1.29 is 14.1 Å². The van der Waals surface area contributed by atoms with E-state index in [9.17, 15) is 9.59 Å². The highest BCUT2D eigenvalue weighted by atomic mass is 35.5. The molecule has 2 atom stereocenters. The Bertz CT molecular complexity index is 685. The van der Waals surface area contributed by atoms with Gasteiger partial charge >= 0.3 is 0 Å². The van der Waals surface area contributed by atoms with Gasteiger partial charge in [-0.25, -0.2) is 0 Å². The Morgan fingerprint density at radius 1 is 1.36 bits per heavy atom. The van der Waals surface area contributed by atoms with Crippen LogP contribution in [0.15, 0.2) is 41.1 Å². The van der Waals surface area contributed by atoms with Crippen LogP contribution in [0.2, 0.25) is 5.02 Å². The van der Waals surface area contributed by atoms with E-state index in [1.165, 1.54) is 12.3 Å². The summed E-state index contributed by atoms with van der Waals surface area (Å²) in [6, 6.07) is 8.17. The zero-order chi connectivity index (χ0) is 15.7. The molecule has 114 valence electrons. The molecule has 1 aliphatic rings. The molecule has 0 aliphatic carbocycles. The summed E-state index contributed by atoms with van der Waals surface area (Å²) in [6.07, 6.45) is 1.57. The first-order chi connectivity index (χ1) is 10.6. The average Bonchev–Trinajstić information content (AvgIpc) is 3.11. The summed E-state index contributed by atoms with van der Waals surface area (Å²) in [5.74, 6) is -0.383. The average molecular weight is 320 g/mol. The minimum Gasteiger partial charge on any atom is -0.364 e. The molecule has 1 N–H and O–H groups in total. The van der Waals surface area contributed by atoms with E-state index in [-0.39, 0.29) is 36.0 Å². The normalized spacial score (nSPS) is 21.2. The minimum atomic E-state index is -0.360. The summed E-state index contributed by atoms with van der Waals surface area (Å²) in [5, 5.41) is 7.07. The third-order valence-corrected chi connectivity index (χ3v) is 4.04. The van der Waals surface area contributed by atoms with Gasteiger partial charge in [-0.2, -0.15) is 0 Å². The van der Waals surface area contributed by atoms with Crippen LogP contribution < -0.4 is 5.32 Å². The van der Waals surface area contributed by atoms with Crippen LogP contribution >= 0.6 is 11.6 Å². The lowest BCUT2D eigenvalue weighted by Gasteiger charge is -2.25. The largest absolute Gasteiger partial charge is 0.364 e. The van der Waals surface area contributed by atoms with Crippen molar-refractivity contribution in [3.63, 3.8) is 0 Å². The Hall–Kier alpha value is -2.34. The first-order valence-electron chi connectivity index (χ1n) is 6.78. The molecule has 0 radical (unpaired) electrons. The van der Waals surface area contributed by atoms with E-state index in [0.29, 0.717) is 5.02 Å². The standard InChI is InChI=1S/C15H14ClN3O3/c1-19-13(20)8-12(17-15(21)11-6-7-22-18-11)14(19)9-2-4-10(16)5-3-9/h2-7,12,14H,8H2,1H3,(H,17,21)/t12-,14-/m1/s1. The number of rotatable bonds is 3. The molecule has 3 rings (SSSR count). The number of hydrogen-bond acceptors (Lipinski definition) is 4. The molecule has 1 aromatic carbocycles. The summed E-state index contributed by atoms with van der Waals surface area (Å²) in [7, 11) is 1.73. The number of halogens is 1. The van der Waals surface area contributed by atoms with Crippen LogP contribution in [0.25, 0.3) is 0 Å². The van der Waals surface area contributed by atoms with Gasteiger partial charge in [0.25, 0.3) is 5.91 Å². The number of hydrogen-bond donors (Lipinski definition) is 1. The van der Waals surface area contributed by atoms with Crippen molar-refractivity contribution in [3.8, 4) is 0 Å². The van der Waals surface area contributed by atoms with Gasteiger partial charge in [0.1, 0.15) is 6.26 Å².